The normalized spacial score (nSPS) is 18.8. The zero-order valence-corrected chi connectivity index (χ0v) is 11.2. The van der Waals surface area contributed by atoms with E-state index in [1.54, 1.807) is 4.90 Å². The molecule has 0 saturated carbocycles. The van der Waals surface area contributed by atoms with Gasteiger partial charge in [0.05, 0.1) is 0 Å². The van der Waals surface area contributed by atoms with E-state index in [4.69, 9.17) is 0 Å². The van der Waals surface area contributed by atoms with E-state index >= 15 is 0 Å². The van der Waals surface area contributed by atoms with E-state index in [0.29, 0.717) is 6.54 Å². The van der Waals surface area contributed by atoms with Gasteiger partial charge in [0.2, 0.25) is 12.2 Å². The highest BCUT2D eigenvalue weighted by atomic mass is 35.5. The highest BCUT2D eigenvalue weighted by Crippen LogP contribution is 2.05. The lowest BCUT2D eigenvalue weighted by Gasteiger charge is -2.33. The molecule has 1 N–H and O–H groups in total. The number of halogens is 1. The Balaban J connectivity index is 0.00000180. The number of carbonyl (C=O) groups is 1. The molecule has 0 unspecified atom stereocenters. The molecule has 2 heterocycles. The van der Waals surface area contributed by atoms with Gasteiger partial charge in [-0.1, -0.05) is 4.98 Å². The molecule has 1 atom stereocenters. The molecule has 9 nitrogen and oxygen atoms in total. The standard InChI is InChI=1S/C9H14N6O3.ClH/c1-7-4-10-2-3-14(7)8(16)5-13-6-11-9(12-13)15(17)18;/h6-7,10H,2-5H2,1H3;1H/t7-;/m1./s1. The van der Waals surface area contributed by atoms with Gasteiger partial charge in [-0.25, -0.2) is 0 Å². The van der Waals surface area contributed by atoms with Crippen LogP contribution in [0.4, 0.5) is 5.95 Å². The van der Waals surface area contributed by atoms with Crippen LogP contribution in [-0.2, 0) is 11.3 Å². The SMILES string of the molecule is C[C@@H]1CNCCN1C(=O)Cn1cnc([N+](=O)[O-])n1.Cl. The number of nitrogens with zero attached hydrogens (tertiary/aromatic N) is 5. The zero-order valence-electron chi connectivity index (χ0n) is 10.4. The van der Waals surface area contributed by atoms with Crippen molar-refractivity contribution in [3.05, 3.63) is 16.4 Å². The van der Waals surface area contributed by atoms with Gasteiger partial charge in [0.1, 0.15) is 6.54 Å². The summed E-state index contributed by atoms with van der Waals surface area (Å²) in [4.78, 5) is 27.0. The minimum atomic E-state index is -0.686. The van der Waals surface area contributed by atoms with Crippen LogP contribution in [0.1, 0.15) is 6.92 Å². The molecule has 1 saturated heterocycles. The predicted molar refractivity (Wildman–Crippen MR) is 68.0 cm³/mol. The van der Waals surface area contributed by atoms with Crippen LogP contribution in [0.2, 0.25) is 0 Å². The van der Waals surface area contributed by atoms with Gasteiger partial charge in [0, 0.05) is 30.8 Å². The lowest BCUT2D eigenvalue weighted by Crippen LogP contribution is -2.53. The molecule has 1 aromatic heterocycles. The maximum atomic E-state index is 12.0. The van der Waals surface area contributed by atoms with E-state index in [2.05, 4.69) is 15.4 Å². The molecule has 19 heavy (non-hydrogen) atoms. The van der Waals surface area contributed by atoms with Crippen molar-refractivity contribution in [1.29, 1.82) is 0 Å². The van der Waals surface area contributed by atoms with Gasteiger partial charge < -0.3 is 20.3 Å². The topological polar surface area (TPSA) is 106 Å². The van der Waals surface area contributed by atoms with Gasteiger partial charge in [-0.05, 0) is 11.8 Å². The third kappa shape index (κ3) is 3.61. The van der Waals surface area contributed by atoms with E-state index in [9.17, 15) is 14.9 Å². The van der Waals surface area contributed by atoms with Gasteiger partial charge in [0.15, 0.2) is 0 Å². The van der Waals surface area contributed by atoms with Crippen LogP contribution < -0.4 is 5.32 Å². The fourth-order valence-electron chi connectivity index (χ4n) is 1.89. The average molecular weight is 291 g/mol. The van der Waals surface area contributed by atoms with Crippen LogP contribution in [0.15, 0.2) is 6.33 Å². The summed E-state index contributed by atoms with van der Waals surface area (Å²) < 4.78 is 1.19. The first-order valence-electron chi connectivity index (χ1n) is 5.62. The summed E-state index contributed by atoms with van der Waals surface area (Å²) in [5, 5.41) is 17.2. The van der Waals surface area contributed by atoms with Crippen molar-refractivity contribution in [2.75, 3.05) is 19.6 Å². The van der Waals surface area contributed by atoms with E-state index in [0.717, 1.165) is 13.1 Å². The molecule has 1 aliphatic heterocycles. The maximum absolute atomic E-state index is 12.0. The van der Waals surface area contributed by atoms with Crippen LogP contribution in [0, 0.1) is 10.1 Å². The molecule has 0 radical (unpaired) electrons. The largest absolute Gasteiger partial charge is 0.490 e. The number of amides is 1. The van der Waals surface area contributed by atoms with E-state index in [1.165, 1.54) is 11.0 Å². The zero-order chi connectivity index (χ0) is 13.1. The lowest BCUT2D eigenvalue weighted by atomic mass is 10.2. The molecule has 106 valence electrons. The van der Waals surface area contributed by atoms with Crippen LogP contribution in [0.5, 0.6) is 0 Å². The van der Waals surface area contributed by atoms with Gasteiger partial charge in [-0.2, -0.15) is 4.68 Å². The number of aromatic nitrogens is 3. The minimum absolute atomic E-state index is 0. The fraction of sp³-hybridized carbons (Fsp3) is 0.667. The minimum Gasteiger partial charge on any atom is -0.390 e. The molecule has 1 aliphatic rings. The van der Waals surface area contributed by atoms with Gasteiger partial charge >= 0.3 is 5.95 Å². The number of piperazine rings is 1. The molecule has 0 aromatic carbocycles. The number of hydrogen-bond acceptors (Lipinski definition) is 6. The Morgan fingerprint density at radius 1 is 1.68 bits per heavy atom. The second-order valence-electron chi connectivity index (χ2n) is 4.14. The third-order valence-electron chi connectivity index (χ3n) is 2.81. The van der Waals surface area contributed by atoms with Gasteiger partial charge in [-0.3, -0.25) is 4.79 Å². The molecular formula is C9H15ClN6O3. The number of nitro groups is 1. The molecule has 1 aromatic rings. The quantitative estimate of drug-likeness (QED) is 0.590. The Bertz CT molecular complexity index is 465. The van der Waals surface area contributed by atoms with E-state index in [-0.39, 0.29) is 30.9 Å². The van der Waals surface area contributed by atoms with Crippen molar-refractivity contribution in [2.24, 2.45) is 0 Å². The molecular weight excluding hydrogens is 276 g/mol. The Hall–Kier alpha value is -1.74. The first kappa shape index (κ1) is 15.3. The van der Waals surface area contributed by atoms with Gasteiger partial charge in [-0.15, -0.1) is 12.4 Å². The van der Waals surface area contributed by atoms with Crippen molar-refractivity contribution < 1.29 is 9.72 Å². The molecule has 0 bridgehead atoms. The van der Waals surface area contributed by atoms with E-state index < -0.39 is 10.9 Å². The Kier molecular flexibility index (Phi) is 5.19. The summed E-state index contributed by atoms with van der Waals surface area (Å²) in [5.74, 6) is -0.597. The number of carbonyl (C=O) groups excluding carboxylic acids is 1. The second-order valence-corrected chi connectivity index (χ2v) is 4.14. The fourth-order valence-corrected chi connectivity index (χ4v) is 1.89. The summed E-state index contributed by atoms with van der Waals surface area (Å²) in [5.41, 5.74) is 0. The summed E-state index contributed by atoms with van der Waals surface area (Å²) in [6.07, 6.45) is 1.20. The van der Waals surface area contributed by atoms with Crippen molar-refractivity contribution in [3.63, 3.8) is 0 Å². The lowest BCUT2D eigenvalue weighted by molar-refractivity contribution is -0.394. The van der Waals surface area contributed by atoms with Crippen LogP contribution in [0.25, 0.3) is 0 Å². The molecule has 10 heteroatoms. The first-order valence-corrected chi connectivity index (χ1v) is 5.62. The van der Waals surface area contributed by atoms with Crippen LogP contribution in [-0.4, -0.2) is 56.2 Å². The molecule has 0 aliphatic carbocycles. The summed E-state index contributed by atoms with van der Waals surface area (Å²) in [7, 11) is 0. The average Bonchev–Trinajstić information content (AvgIpc) is 2.78. The summed E-state index contributed by atoms with van der Waals surface area (Å²) in [6.45, 7) is 4.08. The number of nitrogens with one attached hydrogen (secondary N) is 1. The molecule has 1 fully saturated rings. The van der Waals surface area contributed by atoms with E-state index in [1.807, 2.05) is 6.92 Å². The Labute approximate surface area is 115 Å². The smallest absolute Gasteiger partial charge is 0.390 e. The number of hydrogen-bond donors (Lipinski definition) is 1. The highest BCUT2D eigenvalue weighted by molar-refractivity contribution is 5.85. The molecule has 0 spiro atoms. The van der Waals surface area contributed by atoms with Crippen molar-refractivity contribution in [2.45, 2.75) is 19.5 Å². The van der Waals surface area contributed by atoms with Crippen LogP contribution >= 0.6 is 12.4 Å². The number of rotatable bonds is 3. The molecule has 1 amide bonds. The predicted octanol–water partition coefficient (Wildman–Crippen LogP) is -0.572. The summed E-state index contributed by atoms with van der Waals surface area (Å²) >= 11 is 0. The highest BCUT2D eigenvalue weighted by Gasteiger charge is 2.24. The van der Waals surface area contributed by atoms with Gasteiger partial charge in [0.25, 0.3) is 0 Å². The maximum Gasteiger partial charge on any atom is 0.490 e. The Morgan fingerprint density at radius 2 is 2.42 bits per heavy atom. The van der Waals surface area contributed by atoms with Crippen molar-refractivity contribution >= 4 is 24.3 Å². The Morgan fingerprint density at radius 3 is 3.00 bits per heavy atom. The van der Waals surface area contributed by atoms with Crippen molar-refractivity contribution in [1.82, 2.24) is 25.0 Å². The molecule has 2 rings (SSSR count). The second kappa shape index (κ2) is 6.43. The van der Waals surface area contributed by atoms with Crippen LogP contribution in [0.3, 0.4) is 0 Å². The first-order chi connectivity index (χ1) is 8.58. The monoisotopic (exact) mass is 290 g/mol. The summed E-state index contributed by atoms with van der Waals surface area (Å²) in [6, 6.07) is 0.116. The van der Waals surface area contributed by atoms with Crippen molar-refractivity contribution in [3.8, 4) is 0 Å². The third-order valence-corrected chi connectivity index (χ3v) is 2.81.